The quantitative estimate of drug-likeness (QED) is 0.329. The van der Waals surface area contributed by atoms with Crippen LogP contribution in [0.3, 0.4) is 0 Å². The van der Waals surface area contributed by atoms with Gasteiger partial charge in [-0.05, 0) is 54.6 Å². The monoisotopic (exact) mass is 587 g/mol. The van der Waals surface area contributed by atoms with E-state index in [9.17, 15) is 26.4 Å². The first-order valence-electron chi connectivity index (χ1n) is 12.8. The van der Waals surface area contributed by atoms with Crippen LogP contribution in [0.15, 0.2) is 76.8 Å². The Morgan fingerprint density at radius 2 is 1.00 bits per heavy atom. The Bertz CT molecular complexity index is 1430. The average Bonchev–Trinajstić information content (AvgIpc) is 2.95. The lowest BCUT2D eigenvalue weighted by molar-refractivity contribution is 0.101. The van der Waals surface area contributed by atoms with Gasteiger partial charge in [0, 0.05) is 43.5 Å². The molecular weight excluding hydrogens is 554 g/mol. The Hall–Kier alpha value is -3.65. The van der Waals surface area contributed by atoms with E-state index in [-0.39, 0.29) is 32.3 Å². The SMILES string of the molecule is CCN(CC)S(=O)(=O)c1ccc(C(=O)Nc2ccncc2NC(=O)c2ccc(S(=O)(=O)N(CC)CC)cc2)cc1. The molecule has 3 rings (SSSR count). The summed E-state index contributed by atoms with van der Waals surface area (Å²) in [6.07, 6.45) is 2.81. The van der Waals surface area contributed by atoms with E-state index in [1.807, 2.05) is 0 Å². The molecule has 0 aliphatic rings. The number of rotatable bonds is 12. The van der Waals surface area contributed by atoms with Crippen molar-refractivity contribution in [2.75, 3.05) is 36.8 Å². The lowest BCUT2D eigenvalue weighted by Crippen LogP contribution is -2.30. The smallest absolute Gasteiger partial charge is 0.255 e. The van der Waals surface area contributed by atoms with E-state index >= 15 is 0 Å². The van der Waals surface area contributed by atoms with Gasteiger partial charge in [0.05, 0.1) is 27.4 Å². The molecule has 0 unspecified atom stereocenters. The van der Waals surface area contributed by atoms with Crippen molar-refractivity contribution in [3.8, 4) is 0 Å². The minimum absolute atomic E-state index is 0.0815. The average molecular weight is 588 g/mol. The zero-order chi connectivity index (χ0) is 29.5. The number of carbonyl (C=O) groups is 2. The summed E-state index contributed by atoms with van der Waals surface area (Å²) in [5.74, 6) is -1.04. The summed E-state index contributed by atoms with van der Waals surface area (Å²) in [5.41, 5.74) is 0.928. The molecule has 0 atom stereocenters. The number of nitrogens with zero attached hydrogens (tertiary/aromatic N) is 3. The molecule has 13 heteroatoms. The first kappa shape index (κ1) is 30.9. The normalized spacial score (nSPS) is 11.9. The molecule has 2 amide bonds. The number of hydrogen-bond acceptors (Lipinski definition) is 7. The third-order valence-electron chi connectivity index (χ3n) is 6.24. The second-order valence-electron chi connectivity index (χ2n) is 8.56. The van der Waals surface area contributed by atoms with E-state index in [0.29, 0.717) is 26.2 Å². The molecule has 0 spiro atoms. The van der Waals surface area contributed by atoms with Gasteiger partial charge in [-0.25, -0.2) is 16.8 Å². The van der Waals surface area contributed by atoms with Crippen LogP contribution in [0.25, 0.3) is 0 Å². The van der Waals surface area contributed by atoms with Gasteiger partial charge in [-0.15, -0.1) is 0 Å². The molecule has 40 heavy (non-hydrogen) atoms. The van der Waals surface area contributed by atoms with Gasteiger partial charge in [0.2, 0.25) is 20.0 Å². The Morgan fingerprint density at radius 3 is 1.38 bits per heavy atom. The second-order valence-corrected chi connectivity index (χ2v) is 12.4. The number of amides is 2. The first-order valence-corrected chi connectivity index (χ1v) is 15.6. The number of anilines is 2. The highest BCUT2D eigenvalue weighted by Gasteiger charge is 2.23. The van der Waals surface area contributed by atoms with Crippen molar-refractivity contribution in [3.05, 3.63) is 78.1 Å². The minimum Gasteiger partial charge on any atom is -0.320 e. The van der Waals surface area contributed by atoms with Gasteiger partial charge in [-0.3, -0.25) is 14.6 Å². The molecular formula is C27H33N5O6S2. The third kappa shape index (κ3) is 6.73. The van der Waals surface area contributed by atoms with E-state index in [1.54, 1.807) is 27.7 Å². The summed E-state index contributed by atoms with van der Waals surface area (Å²) in [5, 5.41) is 5.38. The maximum atomic E-state index is 12.9. The van der Waals surface area contributed by atoms with Crippen LogP contribution in [0.5, 0.6) is 0 Å². The van der Waals surface area contributed by atoms with Crippen molar-refractivity contribution in [3.63, 3.8) is 0 Å². The summed E-state index contributed by atoms with van der Waals surface area (Å²) < 4.78 is 53.5. The summed E-state index contributed by atoms with van der Waals surface area (Å²) >= 11 is 0. The third-order valence-corrected chi connectivity index (χ3v) is 10.4. The lowest BCUT2D eigenvalue weighted by atomic mass is 10.2. The Balaban J connectivity index is 1.75. The second kappa shape index (κ2) is 13.1. The van der Waals surface area contributed by atoms with Crippen LogP contribution in [-0.4, -0.2) is 68.4 Å². The van der Waals surface area contributed by atoms with Crippen LogP contribution >= 0.6 is 0 Å². The van der Waals surface area contributed by atoms with Gasteiger partial charge < -0.3 is 10.6 Å². The van der Waals surface area contributed by atoms with Crippen LogP contribution in [0.1, 0.15) is 48.4 Å². The van der Waals surface area contributed by atoms with E-state index < -0.39 is 31.9 Å². The van der Waals surface area contributed by atoms with E-state index in [4.69, 9.17) is 0 Å². The van der Waals surface area contributed by atoms with Crippen molar-refractivity contribution in [2.24, 2.45) is 0 Å². The molecule has 0 aliphatic carbocycles. The van der Waals surface area contributed by atoms with Gasteiger partial charge in [0.15, 0.2) is 0 Å². The maximum Gasteiger partial charge on any atom is 0.255 e. The number of aromatic nitrogens is 1. The molecule has 2 aromatic carbocycles. The van der Waals surface area contributed by atoms with Crippen LogP contribution in [0, 0.1) is 0 Å². The zero-order valence-electron chi connectivity index (χ0n) is 22.8. The molecule has 11 nitrogen and oxygen atoms in total. The van der Waals surface area contributed by atoms with Gasteiger partial charge in [-0.1, -0.05) is 27.7 Å². The van der Waals surface area contributed by atoms with Crippen LogP contribution in [0.4, 0.5) is 11.4 Å². The number of sulfonamides is 2. The largest absolute Gasteiger partial charge is 0.320 e. The lowest BCUT2D eigenvalue weighted by Gasteiger charge is -2.18. The molecule has 0 fully saturated rings. The van der Waals surface area contributed by atoms with Crippen molar-refractivity contribution >= 4 is 43.2 Å². The van der Waals surface area contributed by atoms with Crippen LogP contribution in [-0.2, 0) is 20.0 Å². The molecule has 0 radical (unpaired) electrons. The summed E-state index contributed by atoms with van der Waals surface area (Å²) in [6, 6.07) is 12.7. The van der Waals surface area contributed by atoms with Crippen molar-refractivity contribution < 1.29 is 26.4 Å². The number of carbonyl (C=O) groups excluding carboxylic acids is 2. The number of nitrogens with one attached hydrogen (secondary N) is 2. The van der Waals surface area contributed by atoms with Crippen LogP contribution in [0.2, 0.25) is 0 Å². The van der Waals surface area contributed by atoms with Gasteiger partial charge in [-0.2, -0.15) is 8.61 Å². The standard InChI is InChI=1S/C27H33N5O6S2/c1-5-31(6-2)39(35,36)22-13-9-20(10-14-22)26(33)29-24-17-18-28-19-25(24)30-27(34)21-11-15-23(16-12-21)40(37,38)32(7-3)8-4/h9-19H,5-8H2,1-4H3,(H,30,34)(H,28,29,33). The molecule has 0 aliphatic heterocycles. The van der Waals surface area contributed by atoms with E-state index in [0.717, 1.165) is 0 Å². The molecule has 1 aromatic heterocycles. The number of hydrogen-bond donors (Lipinski definition) is 2. The molecule has 0 bridgehead atoms. The highest BCUT2D eigenvalue weighted by Crippen LogP contribution is 2.23. The predicted molar refractivity (Wildman–Crippen MR) is 153 cm³/mol. The zero-order valence-corrected chi connectivity index (χ0v) is 24.4. The van der Waals surface area contributed by atoms with Crippen LogP contribution < -0.4 is 10.6 Å². The molecule has 214 valence electrons. The Morgan fingerprint density at radius 1 is 0.625 bits per heavy atom. The van der Waals surface area contributed by atoms with E-state index in [1.165, 1.54) is 75.6 Å². The summed E-state index contributed by atoms with van der Waals surface area (Å²) in [6.45, 7) is 8.32. The predicted octanol–water partition coefficient (Wildman–Crippen LogP) is 3.65. The molecule has 2 N–H and O–H groups in total. The fourth-order valence-corrected chi connectivity index (χ4v) is 6.89. The fourth-order valence-electron chi connectivity index (χ4n) is 3.97. The molecule has 1 heterocycles. The summed E-state index contributed by atoms with van der Waals surface area (Å²) in [4.78, 5) is 30.0. The van der Waals surface area contributed by atoms with E-state index in [2.05, 4.69) is 15.6 Å². The van der Waals surface area contributed by atoms with Gasteiger partial charge in [0.25, 0.3) is 11.8 Å². The number of benzene rings is 2. The van der Waals surface area contributed by atoms with Gasteiger partial charge >= 0.3 is 0 Å². The van der Waals surface area contributed by atoms with Crippen molar-refractivity contribution in [1.29, 1.82) is 0 Å². The Labute approximate surface area is 235 Å². The molecule has 0 saturated heterocycles. The topological polar surface area (TPSA) is 146 Å². The highest BCUT2D eigenvalue weighted by atomic mass is 32.2. The minimum atomic E-state index is -3.66. The molecule has 3 aromatic rings. The molecule has 0 saturated carbocycles. The number of pyridine rings is 1. The van der Waals surface area contributed by atoms with Gasteiger partial charge in [0.1, 0.15) is 0 Å². The fraction of sp³-hybridized carbons (Fsp3) is 0.296. The maximum absolute atomic E-state index is 12.9. The Kier molecular flexibility index (Phi) is 10.1. The highest BCUT2D eigenvalue weighted by molar-refractivity contribution is 7.89. The first-order chi connectivity index (χ1) is 19.0. The van der Waals surface area contributed by atoms with Crippen molar-refractivity contribution in [1.82, 2.24) is 13.6 Å². The van der Waals surface area contributed by atoms with Crippen molar-refractivity contribution in [2.45, 2.75) is 37.5 Å². The summed E-state index contributed by atoms with van der Waals surface area (Å²) in [7, 11) is -7.32.